The summed E-state index contributed by atoms with van der Waals surface area (Å²) in [7, 11) is 0. The van der Waals surface area contributed by atoms with Crippen LogP contribution in [0.25, 0.3) is 0 Å². The highest BCUT2D eigenvalue weighted by Gasteiger charge is 2.58. The zero-order chi connectivity index (χ0) is 27.7. The first-order valence-electron chi connectivity index (χ1n) is 17.0. The third-order valence-corrected chi connectivity index (χ3v) is 13.7. The molecule has 19 atom stereocenters. The van der Waals surface area contributed by atoms with Gasteiger partial charge in [-0.2, -0.15) is 0 Å². The van der Waals surface area contributed by atoms with Gasteiger partial charge in [-0.1, -0.05) is 54.4 Å². The predicted molar refractivity (Wildman–Crippen MR) is 158 cm³/mol. The van der Waals surface area contributed by atoms with E-state index >= 15 is 0 Å². The third-order valence-electron chi connectivity index (χ3n) is 13.7. The first-order chi connectivity index (χ1) is 18.6. The maximum Gasteiger partial charge on any atom is 0.0590 e. The molecule has 39 heavy (non-hydrogen) atoms. The second-order valence-corrected chi connectivity index (χ2v) is 15.4. The number of nitrogens with one attached hydrogen (secondary N) is 4. The molecule has 0 amide bonds. The van der Waals surface area contributed by atoms with Crippen molar-refractivity contribution >= 4 is 0 Å². The molecule has 0 aromatic carbocycles. The topological polar surface area (TPSA) is 88.6 Å². The van der Waals surface area contributed by atoms with Crippen LogP contribution in [0.4, 0.5) is 0 Å². The average molecular weight is 545 g/mol. The standard InChI is InChI=1S/C33H60N4O2/c1-8-10-21-16(4)24-12-25-17(5)30(19(7)38)28(35-25)14-23-15(3)20(9-2)27(34-23)13-26-18(6)31-29(39)11-22(32(21)36-24)33(31)37-26/h15-39H,8-14H2,1-7H3/t15-,16+,17?,18?,19?,20-,21+,22?,23?,24?,25?,26?,27?,28?,29?,30?,31?,32?,33?/m1/s1. The van der Waals surface area contributed by atoms with Gasteiger partial charge in [0.15, 0.2) is 0 Å². The van der Waals surface area contributed by atoms with Gasteiger partial charge in [-0.25, -0.2) is 0 Å². The second kappa shape index (κ2) is 11.1. The molecule has 5 aliphatic heterocycles. The summed E-state index contributed by atoms with van der Waals surface area (Å²) in [5.74, 6) is 4.81. The molecule has 6 N–H and O–H groups in total. The Kier molecular flexibility index (Phi) is 8.22. The minimum atomic E-state index is -0.286. The van der Waals surface area contributed by atoms with E-state index in [0.717, 1.165) is 19.3 Å². The summed E-state index contributed by atoms with van der Waals surface area (Å²) >= 11 is 0. The van der Waals surface area contributed by atoms with Crippen molar-refractivity contribution in [3.8, 4) is 0 Å². The summed E-state index contributed by atoms with van der Waals surface area (Å²) in [5.41, 5.74) is 0. The fourth-order valence-corrected chi connectivity index (χ4v) is 11.7. The predicted octanol–water partition coefficient (Wildman–Crippen LogP) is 3.51. The van der Waals surface area contributed by atoms with Crippen molar-refractivity contribution < 1.29 is 10.2 Å². The lowest BCUT2D eigenvalue weighted by Crippen LogP contribution is -2.48. The van der Waals surface area contributed by atoms with Crippen LogP contribution < -0.4 is 21.3 Å². The van der Waals surface area contributed by atoms with Gasteiger partial charge in [-0.05, 0) is 80.5 Å². The Hall–Kier alpha value is -0.240. The van der Waals surface area contributed by atoms with E-state index in [1.165, 1.54) is 25.7 Å². The number of hydrogen-bond donors (Lipinski definition) is 6. The number of fused-ring (bicyclic) bond motifs is 8. The molecule has 15 unspecified atom stereocenters. The van der Waals surface area contributed by atoms with Crippen LogP contribution in [0.15, 0.2) is 0 Å². The highest BCUT2D eigenvalue weighted by Crippen LogP contribution is 2.50. The van der Waals surface area contributed by atoms with Crippen LogP contribution in [-0.4, -0.2) is 70.8 Å². The molecule has 0 radical (unpaired) electrons. The van der Waals surface area contributed by atoms with E-state index in [9.17, 15) is 10.2 Å². The molecule has 5 saturated heterocycles. The normalized spacial score (nSPS) is 57.8. The molecule has 6 nitrogen and oxygen atoms in total. The first kappa shape index (κ1) is 28.9. The molecule has 0 aromatic rings. The number of aliphatic hydroxyl groups is 2. The molecule has 6 fully saturated rings. The summed E-state index contributed by atoms with van der Waals surface area (Å²) in [6.45, 7) is 16.5. The Morgan fingerprint density at radius 3 is 1.92 bits per heavy atom. The quantitative estimate of drug-likeness (QED) is 0.325. The number of hydrogen-bond acceptors (Lipinski definition) is 6. The van der Waals surface area contributed by atoms with Gasteiger partial charge in [0.25, 0.3) is 0 Å². The van der Waals surface area contributed by atoms with E-state index in [1.54, 1.807) is 0 Å². The van der Waals surface area contributed by atoms with Gasteiger partial charge in [-0.3, -0.25) is 0 Å². The monoisotopic (exact) mass is 544 g/mol. The number of rotatable bonds is 4. The Morgan fingerprint density at radius 2 is 1.23 bits per heavy atom. The summed E-state index contributed by atoms with van der Waals surface area (Å²) in [6.07, 6.45) is 7.61. The van der Waals surface area contributed by atoms with Crippen LogP contribution in [0.2, 0.25) is 0 Å². The van der Waals surface area contributed by atoms with Crippen LogP contribution in [0, 0.1) is 53.3 Å². The second-order valence-electron chi connectivity index (χ2n) is 15.4. The molecular weight excluding hydrogens is 484 g/mol. The average Bonchev–Trinajstić information content (AvgIpc) is 3.63. The summed E-state index contributed by atoms with van der Waals surface area (Å²) in [4.78, 5) is 0. The minimum absolute atomic E-state index is 0.181. The Labute approximate surface area is 238 Å². The van der Waals surface area contributed by atoms with Gasteiger partial charge in [0.05, 0.1) is 12.2 Å². The zero-order valence-corrected chi connectivity index (χ0v) is 25.8. The van der Waals surface area contributed by atoms with Gasteiger partial charge in [0.1, 0.15) is 0 Å². The SMILES string of the molecule is CCC[C@@H]1C2NC(CC3NC(CC4NC(CC5NC6C2CC(O)C6C5C)[C@H](CC)[C@H]4C)C(C(C)O)C3C)[C@H]1C. The highest BCUT2D eigenvalue weighted by atomic mass is 16.3. The Morgan fingerprint density at radius 1 is 0.667 bits per heavy atom. The fourth-order valence-electron chi connectivity index (χ4n) is 11.7. The minimum Gasteiger partial charge on any atom is -0.393 e. The summed E-state index contributed by atoms with van der Waals surface area (Å²) < 4.78 is 0. The molecule has 224 valence electrons. The van der Waals surface area contributed by atoms with Crippen LogP contribution in [0.3, 0.4) is 0 Å². The van der Waals surface area contributed by atoms with Crippen LogP contribution >= 0.6 is 0 Å². The smallest absolute Gasteiger partial charge is 0.0590 e. The van der Waals surface area contributed by atoms with Crippen molar-refractivity contribution in [1.82, 2.24) is 21.3 Å². The van der Waals surface area contributed by atoms with E-state index in [-0.39, 0.29) is 12.2 Å². The van der Waals surface area contributed by atoms with E-state index in [4.69, 9.17) is 0 Å². The molecule has 5 heterocycles. The highest BCUT2D eigenvalue weighted by molar-refractivity contribution is 5.14. The van der Waals surface area contributed by atoms with Crippen LogP contribution in [0.5, 0.6) is 0 Å². The van der Waals surface area contributed by atoms with Crippen molar-refractivity contribution in [2.24, 2.45) is 53.3 Å². The van der Waals surface area contributed by atoms with Crippen molar-refractivity contribution in [1.29, 1.82) is 0 Å². The zero-order valence-electron chi connectivity index (χ0n) is 25.8. The van der Waals surface area contributed by atoms with E-state index in [1.807, 2.05) is 6.92 Å². The van der Waals surface area contributed by atoms with E-state index < -0.39 is 0 Å². The molecular formula is C33H60N4O2. The Balaban J connectivity index is 1.35. The van der Waals surface area contributed by atoms with Crippen LogP contribution in [-0.2, 0) is 0 Å². The number of aliphatic hydroxyl groups excluding tert-OH is 2. The van der Waals surface area contributed by atoms with Crippen molar-refractivity contribution in [2.45, 2.75) is 154 Å². The summed E-state index contributed by atoms with van der Waals surface area (Å²) in [5, 5.41) is 39.1. The maximum absolute atomic E-state index is 11.4. The lowest BCUT2D eigenvalue weighted by atomic mass is 9.76. The lowest BCUT2D eigenvalue weighted by Gasteiger charge is -2.32. The Bertz CT molecular complexity index is 856. The maximum atomic E-state index is 11.4. The van der Waals surface area contributed by atoms with Crippen molar-refractivity contribution in [3.05, 3.63) is 0 Å². The van der Waals surface area contributed by atoms with Gasteiger partial charge < -0.3 is 31.5 Å². The molecule has 1 saturated carbocycles. The molecule has 6 heteroatoms. The largest absolute Gasteiger partial charge is 0.393 e. The van der Waals surface area contributed by atoms with E-state index in [0.29, 0.717) is 102 Å². The van der Waals surface area contributed by atoms with Gasteiger partial charge in [-0.15, -0.1) is 0 Å². The van der Waals surface area contributed by atoms with Crippen molar-refractivity contribution in [3.63, 3.8) is 0 Å². The fraction of sp³-hybridized carbons (Fsp3) is 1.00. The molecule has 0 spiro atoms. The van der Waals surface area contributed by atoms with Crippen molar-refractivity contribution in [2.75, 3.05) is 0 Å². The third kappa shape index (κ3) is 4.76. The van der Waals surface area contributed by atoms with Gasteiger partial charge in [0, 0.05) is 60.2 Å². The molecule has 6 rings (SSSR count). The first-order valence-corrected chi connectivity index (χ1v) is 17.0. The van der Waals surface area contributed by atoms with Gasteiger partial charge >= 0.3 is 0 Å². The lowest BCUT2D eigenvalue weighted by molar-refractivity contribution is 0.0883. The van der Waals surface area contributed by atoms with Crippen LogP contribution in [0.1, 0.15) is 93.4 Å². The van der Waals surface area contributed by atoms with Gasteiger partial charge in [0.2, 0.25) is 0 Å². The molecule has 0 aromatic heterocycles. The summed E-state index contributed by atoms with van der Waals surface area (Å²) in [6, 6.07) is 3.71. The molecule has 1 aliphatic carbocycles. The molecule has 6 aliphatic rings. The molecule has 8 bridgehead atoms. The van der Waals surface area contributed by atoms with E-state index in [2.05, 4.69) is 62.8 Å².